The summed E-state index contributed by atoms with van der Waals surface area (Å²) in [6.45, 7) is 5.34. The van der Waals surface area contributed by atoms with Crippen LogP contribution in [-0.2, 0) is 11.2 Å². The molecule has 0 radical (unpaired) electrons. The number of rotatable bonds is 3. The van der Waals surface area contributed by atoms with E-state index >= 15 is 0 Å². The van der Waals surface area contributed by atoms with Gasteiger partial charge in [0.1, 0.15) is 0 Å². The van der Waals surface area contributed by atoms with Crippen molar-refractivity contribution < 1.29 is 4.74 Å². The molecular weight excluding hydrogens is 212 g/mol. The molecular formula is C14H20N2O. The fourth-order valence-corrected chi connectivity index (χ4v) is 2.75. The number of hydrogen-bond acceptors (Lipinski definition) is 3. The Morgan fingerprint density at radius 2 is 1.82 bits per heavy atom. The van der Waals surface area contributed by atoms with E-state index in [1.165, 1.54) is 5.56 Å². The summed E-state index contributed by atoms with van der Waals surface area (Å²) in [7, 11) is 0. The lowest BCUT2D eigenvalue weighted by molar-refractivity contribution is -0.102. The van der Waals surface area contributed by atoms with Gasteiger partial charge in [-0.25, -0.2) is 0 Å². The highest BCUT2D eigenvalue weighted by Gasteiger charge is 2.30. The molecule has 2 atom stereocenters. The molecule has 0 saturated carbocycles. The SMILES string of the molecule is c1ccc(CCN2CC3CNCC(C2)O3)cc1. The van der Waals surface area contributed by atoms with Crippen LogP contribution < -0.4 is 5.32 Å². The highest BCUT2D eigenvalue weighted by Crippen LogP contribution is 2.14. The summed E-state index contributed by atoms with van der Waals surface area (Å²) in [6, 6.07) is 10.7. The minimum Gasteiger partial charge on any atom is -0.370 e. The van der Waals surface area contributed by atoms with E-state index in [0.29, 0.717) is 12.2 Å². The first kappa shape index (κ1) is 11.2. The van der Waals surface area contributed by atoms with Gasteiger partial charge in [0, 0.05) is 32.7 Å². The van der Waals surface area contributed by atoms with Crippen molar-refractivity contribution in [2.24, 2.45) is 0 Å². The average molecular weight is 232 g/mol. The average Bonchev–Trinajstić information content (AvgIpc) is 2.37. The van der Waals surface area contributed by atoms with Crippen molar-refractivity contribution in [3.63, 3.8) is 0 Å². The number of hydrogen-bond donors (Lipinski definition) is 1. The molecule has 2 saturated heterocycles. The summed E-state index contributed by atoms with van der Waals surface area (Å²) >= 11 is 0. The third-order valence-electron chi connectivity index (χ3n) is 3.61. The number of nitrogens with one attached hydrogen (secondary N) is 1. The predicted molar refractivity (Wildman–Crippen MR) is 68.1 cm³/mol. The molecule has 2 aliphatic rings. The summed E-state index contributed by atoms with van der Waals surface area (Å²) < 4.78 is 5.90. The standard InChI is InChI=1S/C14H20N2O/c1-2-4-12(5-3-1)6-7-16-10-13-8-15-9-14(11-16)17-13/h1-5,13-15H,6-11H2. The third kappa shape index (κ3) is 2.86. The van der Waals surface area contributed by atoms with E-state index in [1.807, 2.05) is 0 Å². The van der Waals surface area contributed by atoms with E-state index in [-0.39, 0.29) is 0 Å². The monoisotopic (exact) mass is 232 g/mol. The topological polar surface area (TPSA) is 24.5 Å². The molecule has 1 N–H and O–H groups in total. The Labute approximate surface area is 103 Å². The molecule has 3 nitrogen and oxygen atoms in total. The van der Waals surface area contributed by atoms with Crippen molar-refractivity contribution in [2.45, 2.75) is 18.6 Å². The van der Waals surface area contributed by atoms with Crippen LogP contribution in [0.15, 0.2) is 30.3 Å². The summed E-state index contributed by atoms with van der Waals surface area (Å²) in [5, 5.41) is 3.43. The van der Waals surface area contributed by atoms with Gasteiger partial charge < -0.3 is 10.1 Å². The lowest BCUT2D eigenvalue weighted by Gasteiger charge is -2.41. The minimum atomic E-state index is 0.401. The fraction of sp³-hybridized carbons (Fsp3) is 0.571. The first-order chi connectivity index (χ1) is 8.40. The molecule has 0 amide bonds. The van der Waals surface area contributed by atoms with Gasteiger partial charge in [0.15, 0.2) is 0 Å². The number of nitrogens with zero attached hydrogens (tertiary/aromatic N) is 1. The molecule has 2 aliphatic heterocycles. The molecule has 3 heteroatoms. The number of benzene rings is 1. The summed E-state index contributed by atoms with van der Waals surface area (Å²) in [5.41, 5.74) is 1.43. The van der Waals surface area contributed by atoms with Gasteiger partial charge >= 0.3 is 0 Å². The highest BCUT2D eigenvalue weighted by atomic mass is 16.5. The molecule has 0 spiro atoms. The van der Waals surface area contributed by atoms with Crippen LogP contribution in [-0.4, -0.2) is 49.8 Å². The van der Waals surface area contributed by atoms with Crippen LogP contribution in [0.25, 0.3) is 0 Å². The zero-order valence-electron chi connectivity index (χ0n) is 10.1. The van der Waals surface area contributed by atoms with E-state index in [4.69, 9.17) is 4.74 Å². The first-order valence-electron chi connectivity index (χ1n) is 6.52. The van der Waals surface area contributed by atoms with Crippen LogP contribution in [0, 0.1) is 0 Å². The second-order valence-electron chi connectivity index (χ2n) is 5.03. The van der Waals surface area contributed by atoms with Crippen LogP contribution in [0.4, 0.5) is 0 Å². The zero-order chi connectivity index (χ0) is 11.5. The largest absolute Gasteiger partial charge is 0.370 e. The Bertz CT molecular complexity index is 342. The Kier molecular flexibility index (Phi) is 3.41. The number of ether oxygens (including phenoxy) is 1. The van der Waals surface area contributed by atoms with Gasteiger partial charge in [0.25, 0.3) is 0 Å². The van der Waals surface area contributed by atoms with Gasteiger partial charge in [0.2, 0.25) is 0 Å². The second-order valence-corrected chi connectivity index (χ2v) is 5.03. The van der Waals surface area contributed by atoms with Crippen molar-refractivity contribution in [3.8, 4) is 0 Å². The van der Waals surface area contributed by atoms with Crippen LogP contribution in [0.1, 0.15) is 5.56 Å². The van der Waals surface area contributed by atoms with E-state index < -0.39 is 0 Å². The van der Waals surface area contributed by atoms with Crippen molar-refractivity contribution in [3.05, 3.63) is 35.9 Å². The lowest BCUT2D eigenvalue weighted by atomic mass is 10.1. The second kappa shape index (κ2) is 5.17. The summed E-state index contributed by atoms with van der Waals surface area (Å²) in [6.07, 6.45) is 1.95. The van der Waals surface area contributed by atoms with Gasteiger partial charge in [-0.05, 0) is 12.0 Å². The van der Waals surface area contributed by atoms with Crippen molar-refractivity contribution in [1.29, 1.82) is 0 Å². The molecule has 0 aromatic heterocycles. The van der Waals surface area contributed by atoms with Crippen LogP contribution in [0.2, 0.25) is 0 Å². The van der Waals surface area contributed by atoms with Gasteiger partial charge in [-0.15, -0.1) is 0 Å². The molecule has 17 heavy (non-hydrogen) atoms. The molecule has 1 aromatic carbocycles. The minimum absolute atomic E-state index is 0.401. The van der Waals surface area contributed by atoms with Gasteiger partial charge in [-0.1, -0.05) is 30.3 Å². The Hall–Kier alpha value is -0.900. The normalized spacial score (nSPS) is 29.2. The number of morpholine rings is 2. The molecule has 92 valence electrons. The Balaban J connectivity index is 1.52. The molecule has 2 heterocycles. The smallest absolute Gasteiger partial charge is 0.0831 e. The van der Waals surface area contributed by atoms with Crippen LogP contribution >= 0.6 is 0 Å². The Morgan fingerprint density at radius 3 is 2.53 bits per heavy atom. The van der Waals surface area contributed by atoms with Crippen LogP contribution in [0.5, 0.6) is 0 Å². The van der Waals surface area contributed by atoms with Crippen molar-refractivity contribution >= 4 is 0 Å². The van der Waals surface area contributed by atoms with E-state index in [2.05, 4.69) is 40.5 Å². The molecule has 1 aromatic rings. The molecule has 0 aliphatic carbocycles. The maximum Gasteiger partial charge on any atom is 0.0831 e. The summed E-state index contributed by atoms with van der Waals surface area (Å²) in [4.78, 5) is 2.55. The number of fused-ring (bicyclic) bond motifs is 2. The van der Waals surface area contributed by atoms with Gasteiger partial charge in [-0.3, -0.25) is 4.90 Å². The highest BCUT2D eigenvalue weighted by molar-refractivity contribution is 5.14. The zero-order valence-corrected chi connectivity index (χ0v) is 10.1. The maximum atomic E-state index is 5.90. The van der Waals surface area contributed by atoms with E-state index in [1.54, 1.807) is 0 Å². The van der Waals surface area contributed by atoms with Gasteiger partial charge in [0.05, 0.1) is 12.2 Å². The summed E-state index contributed by atoms with van der Waals surface area (Å²) in [5.74, 6) is 0. The molecule has 2 bridgehead atoms. The van der Waals surface area contributed by atoms with Gasteiger partial charge in [-0.2, -0.15) is 0 Å². The van der Waals surface area contributed by atoms with Crippen molar-refractivity contribution in [2.75, 3.05) is 32.7 Å². The third-order valence-corrected chi connectivity index (χ3v) is 3.61. The lowest BCUT2D eigenvalue weighted by Crippen LogP contribution is -2.58. The Morgan fingerprint density at radius 1 is 1.12 bits per heavy atom. The van der Waals surface area contributed by atoms with Crippen molar-refractivity contribution in [1.82, 2.24) is 10.2 Å². The molecule has 2 unspecified atom stereocenters. The quantitative estimate of drug-likeness (QED) is 0.838. The first-order valence-corrected chi connectivity index (χ1v) is 6.52. The predicted octanol–water partition coefficient (Wildman–Crippen LogP) is 0.902. The molecule has 3 rings (SSSR count). The van der Waals surface area contributed by atoms with E-state index in [0.717, 1.165) is 39.1 Å². The molecule has 2 fully saturated rings. The fourth-order valence-electron chi connectivity index (χ4n) is 2.75. The van der Waals surface area contributed by atoms with E-state index in [9.17, 15) is 0 Å². The van der Waals surface area contributed by atoms with Crippen LogP contribution in [0.3, 0.4) is 0 Å². The maximum absolute atomic E-state index is 5.90.